The number of nitrogen functional groups attached to an aromatic ring is 1. The van der Waals surface area contributed by atoms with Crippen molar-refractivity contribution in [3.05, 3.63) is 48.2 Å². The van der Waals surface area contributed by atoms with Crippen LogP contribution in [0.3, 0.4) is 0 Å². The minimum absolute atomic E-state index is 0.0229. The Morgan fingerprint density at radius 2 is 2.31 bits per heavy atom. The van der Waals surface area contributed by atoms with Crippen LogP contribution >= 0.6 is 0 Å². The molecule has 0 aliphatic carbocycles. The molecule has 0 aromatic carbocycles. The van der Waals surface area contributed by atoms with Gasteiger partial charge in [0.15, 0.2) is 0 Å². The van der Waals surface area contributed by atoms with Gasteiger partial charge in [0.05, 0.1) is 18.6 Å². The number of nitrogens with zero attached hydrogens (tertiary/aromatic N) is 1. The predicted octanol–water partition coefficient (Wildman–Crippen LogP) is 1.00. The Morgan fingerprint density at radius 3 is 2.94 bits per heavy atom. The maximum Gasteiger partial charge on any atom is 0.0950 e. The van der Waals surface area contributed by atoms with E-state index in [1.54, 1.807) is 31.0 Å². The van der Waals surface area contributed by atoms with E-state index >= 15 is 0 Å². The van der Waals surface area contributed by atoms with E-state index in [1.165, 1.54) is 0 Å². The summed E-state index contributed by atoms with van der Waals surface area (Å²) in [6.07, 6.45) is 7.38. The SMILES string of the molecule is NNC(Cc1cnccc1N)c1ccoc1. The van der Waals surface area contributed by atoms with Crippen molar-refractivity contribution in [3.63, 3.8) is 0 Å². The highest BCUT2D eigenvalue weighted by molar-refractivity contribution is 5.45. The Labute approximate surface area is 93.4 Å². The lowest BCUT2D eigenvalue weighted by atomic mass is 10.0. The Hall–Kier alpha value is -1.85. The molecule has 0 radical (unpaired) electrons. The molecule has 5 N–H and O–H groups in total. The minimum Gasteiger partial charge on any atom is -0.472 e. The zero-order valence-electron chi connectivity index (χ0n) is 8.76. The van der Waals surface area contributed by atoms with Crippen LogP contribution < -0.4 is 17.0 Å². The number of hydrogen-bond acceptors (Lipinski definition) is 5. The number of anilines is 1. The average Bonchev–Trinajstić information content (AvgIpc) is 2.81. The van der Waals surface area contributed by atoms with Gasteiger partial charge in [-0.05, 0) is 24.1 Å². The average molecular weight is 218 g/mol. The summed E-state index contributed by atoms with van der Waals surface area (Å²) in [5.41, 5.74) is 11.3. The van der Waals surface area contributed by atoms with Crippen molar-refractivity contribution in [2.75, 3.05) is 5.73 Å². The van der Waals surface area contributed by atoms with Gasteiger partial charge >= 0.3 is 0 Å². The third kappa shape index (κ3) is 2.21. The standard InChI is InChI=1S/C11H14N4O/c12-10-1-3-14-6-9(10)5-11(15-13)8-2-4-16-7-8/h1-4,6-7,11,15H,5,13H2,(H2,12,14). The Morgan fingerprint density at radius 1 is 1.44 bits per heavy atom. The highest BCUT2D eigenvalue weighted by Gasteiger charge is 2.13. The van der Waals surface area contributed by atoms with Crippen LogP contribution in [-0.2, 0) is 6.42 Å². The van der Waals surface area contributed by atoms with Crippen LogP contribution in [0.5, 0.6) is 0 Å². The minimum atomic E-state index is -0.0229. The lowest BCUT2D eigenvalue weighted by Crippen LogP contribution is -2.29. The molecule has 5 heteroatoms. The van der Waals surface area contributed by atoms with Gasteiger partial charge in [0.1, 0.15) is 0 Å². The number of furan rings is 1. The molecule has 84 valence electrons. The number of pyridine rings is 1. The number of hydrogen-bond donors (Lipinski definition) is 3. The van der Waals surface area contributed by atoms with E-state index in [9.17, 15) is 0 Å². The van der Waals surface area contributed by atoms with E-state index in [1.807, 2.05) is 6.07 Å². The van der Waals surface area contributed by atoms with Crippen molar-refractivity contribution < 1.29 is 4.42 Å². The van der Waals surface area contributed by atoms with Crippen molar-refractivity contribution in [1.82, 2.24) is 10.4 Å². The highest BCUT2D eigenvalue weighted by Crippen LogP contribution is 2.20. The number of nitrogens with one attached hydrogen (secondary N) is 1. The third-order valence-electron chi connectivity index (χ3n) is 2.51. The Balaban J connectivity index is 2.17. The molecule has 5 nitrogen and oxygen atoms in total. The van der Waals surface area contributed by atoms with Crippen LogP contribution in [0.15, 0.2) is 41.5 Å². The fraction of sp³-hybridized carbons (Fsp3) is 0.182. The molecule has 2 heterocycles. The summed E-state index contributed by atoms with van der Waals surface area (Å²) < 4.78 is 5.02. The molecule has 0 aliphatic heterocycles. The zero-order chi connectivity index (χ0) is 11.4. The van der Waals surface area contributed by atoms with Gasteiger partial charge in [-0.1, -0.05) is 0 Å². The van der Waals surface area contributed by atoms with Gasteiger partial charge < -0.3 is 10.2 Å². The fourth-order valence-corrected chi connectivity index (χ4v) is 1.57. The molecule has 1 unspecified atom stereocenters. The summed E-state index contributed by atoms with van der Waals surface area (Å²) in [4.78, 5) is 4.04. The quantitative estimate of drug-likeness (QED) is 0.526. The van der Waals surface area contributed by atoms with E-state index in [-0.39, 0.29) is 6.04 Å². The lowest BCUT2D eigenvalue weighted by molar-refractivity contribution is 0.525. The van der Waals surface area contributed by atoms with Crippen molar-refractivity contribution in [3.8, 4) is 0 Å². The molecule has 0 aliphatic rings. The van der Waals surface area contributed by atoms with Crippen LogP contribution in [0.2, 0.25) is 0 Å². The van der Waals surface area contributed by atoms with E-state index < -0.39 is 0 Å². The molecule has 1 atom stereocenters. The van der Waals surface area contributed by atoms with Gasteiger partial charge in [0.25, 0.3) is 0 Å². The first-order chi connectivity index (χ1) is 7.81. The van der Waals surface area contributed by atoms with Crippen molar-refractivity contribution >= 4 is 5.69 Å². The van der Waals surface area contributed by atoms with Gasteiger partial charge in [-0.2, -0.15) is 0 Å². The number of nitrogens with two attached hydrogens (primary N) is 2. The second-order valence-corrected chi connectivity index (χ2v) is 3.55. The number of aromatic nitrogens is 1. The summed E-state index contributed by atoms with van der Waals surface area (Å²) in [6.45, 7) is 0. The van der Waals surface area contributed by atoms with Crippen molar-refractivity contribution in [2.24, 2.45) is 5.84 Å². The smallest absolute Gasteiger partial charge is 0.0950 e. The molecule has 2 aromatic heterocycles. The topological polar surface area (TPSA) is 90.1 Å². The van der Waals surface area contributed by atoms with E-state index in [2.05, 4.69) is 10.4 Å². The summed E-state index contributed by atoms with van der Waals surface area (Å²) >= 11 is 0. The molecule has 0 saturated heterocycles. The fourth-order valence-electron chi connectivity index (χ4n) is 1.57. The van der Waals surface area contributed by atoms with Crippen molar-refractivity contribution in [1.29, 1.82) is 0 Å². The number of rotatable bonds is 4. The third-order valence-corrected chi connectivity index (χ3v) is 2.51. The van der Waals surface area contributed by atoms with Gasteiger partial charge in [0.2, 0.25) is 0 Å². The Kier molecular flexibility index (Phi) is 3.19. The maximum atomic E-state index is 5.84. The monoisotopic (exact) mass is 218 g/mol. The summed E-state index contributed by atoms with van der Waals surface area (Å²) in [5.74, 6) is 5.51. The zero-order valence-corrected chi connectivity index (χ0v) is 8.76. The Bertz CT molecular complexity index is 441. The van der Waals surface area contributed by atoms with Crippen LogP contribution in [0.4, 0.5) is 5.69 Å². The van der Waals surface area contributed by atoms with Crippen molar-refractivity contribution in [2.45, 2.75) is 12.5 Å². The summed E-state index contributed by atoms with van der Waals surface area (Å²) in [7, 11) is 0. The van der Waals surface area contributed by atoms with E-state index in [4.69, 9.17) is 16.0 Å². The molecule has 0 fully saturated rings. The summed E-state index contributed by atoms with van der Waals surface area (Å²) in [5, 5.41) is 0. The van der Waals surface area contributed by atoms with Gasteiger partial charge in [0, 0.05) is 23.6 Å². The van der Waals surface area contributed by atoms with Crippen LogP contribution in [-0.4, -0.2) is 4.98 Å². The molecule has 0 bridgehead atoms. The molecule has 0 amide bonds. The first-order valence-corrected chi connectivity index (χ1v) is 4.98. The van der Waals surface area contributed by atoms with Gasteiger partial charge in [-0.15, -0.1) is 0 Å². The second-order valence-electron chi connectivity index (χ2n) is 3.55. The molecular weight excluding hydrogens is 204 g/mol. The molecular formula is C11H14N4O. The molecule has 2 aromatic rings. The van der Waals surface area contributed by atoms with Crippen LogP contribution in [0.1, 0.15) is 17.2 Å². The molecule has 2 rings (SSSR count). The second kappa shape index (κ2) is 4.78. The largest absolute Gasteiger partial charge is 0.472 e. The normalized spacial score (nSPS) is 12.6. The first-order valence-electron chi connectivity index (χ1n) is 4.98. The highest BCUT2D eigenvalue weighted by atomic mass is 16.3. The molecule has 0 spiro atoms. The van der Waals surface area contributed by atoms with E-state index in [0.29, 0.717) is 6.42 Å². The van der Waals surface area contributed by atoms with Gasteiger partial charge in [-0.25, -0.2) is 0 Å². The molecule has 16 heavy (non-hydrogen) atoms. The first kappa shape index (κ1) is 10.7. The maximum absolute atomic E-state index is 5.84. The predicted molar refractivity (Wildman–Crippen MR) is 61.1 cm³/mol. The van der Waals surface area contributed by atoms with Gasteiger partial charge in [-0.3, -0.25) is 16.3 Å². The van der Waals surface area contributed by atoms with E-state index in [0.717, 1.165) is 16.8 Å². The summed E-state index contributed by atoms with van der Waals surface area (Å²) in [6, 6.07) is 3.63. The van der Waals surface area contributed by atoms with Crippen LogP contribution in [0, 0.1) is 0 Å². The lowest BCUT2D eigenvalue weighted by Gasteiger charge is -2.14. The van der Waals surface area contributed by atoms with Crippen LogP contribution in [0.25, 0.3) is 0 Å². The molecule has 0 saturated carbocycles. The number of hydrazine groups is 1.